The Morgan fingerprint density at radius 1 is 1.19 bits per heavy atom. The molecule has 0 spiro atoms. The van der Waals surface area contributed by atoms with Gasteiger partial charge in [0.05, 0.1) is 5.57 Å². The number of Topliss-reactive ketones (excluding diaryl/α,β-unsaturated/α-hetero) is 1. The van der Waals surface area contributed by atoms with Gasteiger partial charge in [-0.1, -0.05) is 15.9 Å². The fourth-order valence-corrected chi connectivity index (χ4v) is 4.21. The first-order chi connectivity index (χ1) is 14.8. The summed E-state index contributed by atoms with van der Waals surface area (Å²) in [5.41, 5.74) is 0.520. The van der Waals surface area contributed by atoms with E-state index in [0.29, 0.717) is 30.1 Å². The lowest BCUT2D eigenvalue weighted by molar-refractivity contribution is -0.129. The number of hydrogen-bond donors (Lipinski definition) is 1. The lowest BCUT2D eigenvalue weighted by Gasteiger charge is -2.25. The second kappa shape index (κ2) is 8.36. The maximum atomic E-state index is 13.4. The molecule has 3 aromatic rings. The molecule has 162 valence electrons. The molecule has 1 aromatic carbocycles. The zero-order valence-corrected chi connectivity index (χ0v) is 19.1. The molecule has 4 rings (SSSR count). The molecule has 7 nitrogen and oxygen atoms in total. The van der Waals surface area contributed by atoms with Crippen molar-refractivity contribution >= 4 is 38.6 Å². The summed E-state index contributed by atoms with van der Waals surface area (Å²) in [7, 11) is 3.90. The molecule has 0 aliphatic carbocycles. The number of rotatable bonds is 7. The number of hydrogen-bond acceptors (Lipinski definition) is 6. The minimum Gasteiger partial charge on any atom is -0.503 e. The topological polar surface area (TPSA) is 87.1 Å². The van der Waals surface area contributed by atoms with E-state index in [9.17, 15) is 14.7 Å². The third-order valence-electron chi connectivity index (χ3n) is 5.29. The van der Waals surface area contributed by atoms with Crippen molar-refractivity contribution in [1.82, 2.24) is 9.80 Å². The first-order valence-electron chi connectivity index (χ1n) is 9.95. The van der Waals surface area contributed by atoms with Crippen LogP contribution < -0.4 is 0 Å². The standard InChI is InChI=1S/C23H23BrN2O5/c1-13-5-7-17(30-13)20-19(22(28)23(29)26(20)10-4-9-25(2)3)21(27)18-12-14-11-15(24)6-8-16(14)31-18/h5-8,11-12,20,28H,4,9-10H2,1-3H3. The number of ketones is 1. The summed E-state index contributed by atoms with van der Waals surface area (Å²) in [5, 5.41) is 11.4. The number of aryl methyl sites for hydroxylation is 1. The Kier molecular flexibility index (Phi) is 5.77. The van der Waals surface area contributed by atoms with Gasteiger partial charge in [0.2, 0.25) is 5.78 Å². The second-order valence-corrected chi connectivity index (χ2v) is 8.81. The highest BCUT2D eigenvalue weighted by Crippen LogP contribution is 2.40. The van der Waals surface area contributed by atoms with Gasteiger partial charge in [-0.25, -0.2) is 0 Å². The molecule has 0 bridgehead atoms. The number of halogens is 1. The molecule has 0 saturated heterocycles. The Balaban J connectivity index is 1.73. The Bertz CT molecular complexity index is 1190. The van der Waals surface area contributed by atoms with Crippen LogP contribution in [-0.2, 0) is 4.79 Å². The van der Waals surface area contributed by atoms with E-state index >= 15 is 0 Å². The van der Waals surface area contributed by atoms with Crippen LogP contribution >= 0.6 is 15.9 Å². The molecule has 1 atom stereocenters. The van der Waals surface area contributed by atoms with E-state index < -0.39 is 23.5 Å². The molecule has 0 radical (unpaired) electrons. The van der Waals surface area contributed by atoms with Crippen LogP contribution in [0.5, 0.6) is 0 Å². The quantitative estimate of drug-likeness (QED) is 0.490. The molecule has 3 heterocycles. The molecule has 0 saturated carbocycles. The molecule has 1 N–H and O–H groups in total. The summed E-state index contributed by atoms with van der Waals surface area (Å²) in [6, 6.07) is 9.72. The molecule has 8 heteroatoms. The van der Waals surface area contributed by atoms with Crippen LogP contribution in [0.15, 0.2) is 61.0 Å². The second-order valence-electron chi connectivity index (χ2n) is 7.89. The fourth-order valence-electron chi connectivity index (χ4n) is 3.83. The van der Waals surface area contributed by atoms with E-state index in [1.165, 1.54) is 4.90 Å². The van der Waals surface area contributed by atoms with Crippen LogP contribution in [0, 0.1) is 6.92 Å². The summed E-state index contributed by atoms with van der Waals surface area (Å²) in [6.45, 7) is 2.92. The number of fused-ring (bicyclic) bond motifs is 1. The van der Waals surface area contributed by atoms with Gasteiger partial charge in [-0.2, -0.15) is 0 Å². The van der Waals surface area contributed by atoms with E-state index in [1.54, 1.807) is 31.2 Å². The Hall–Kier alpha value is -2.84. The number of aliphatic hydroxyl groups is 1. The molecule has 1 aliphatic rings. The van der Waals surface area contributed by atoms with Gasteiger partial charge in [0.25, 0.3) is 5.91 Å². The van der Waals surface area contributed by atoms with Crippen molar-refractivity contribution in [2.75, 3.05) is 27.2 Å². The van der Waals surface area contributed by atoms with E-state index in [-0.39, 0.29) is 11.3 Å². The average molecular weight is 487 g/mol. The number of amides is 1. The van der Waals surface area contributed by atoms with Gasteiger partial charge >= 0.3 is 0 Å². The normalized spacial score (nSPS) is 16.9. The highest BCUT2D eigenvalue weighted by molar-refractivity contribution is 9.10. The van der Waals surface area contributed by atoms with Gasteiger partial charge in [-0.05, 0) is 70.4 Å². The predicted molar refractivity (Wildman–Crippen MR) is 119 cm³/mol. The van der Waals surface area contributed by atoms with Crippen LogP contribution in [0.2, 0.25) is 0 Å². The Morgan fingerprint density at radius 3 is 2.65 bits per heavy atom. The molecule has 2 aromatic heterocycles. The van der Waals surface area contributed by atoms with E-state index in [4.69, 9.17) is 8.83 Å². The van der Waals surface area contributed by atoms with Gasteiger partial charge in [-0.15, -0.1) is 0 Å². The number of nitrogens with zero attached hydrogens (tertiary/aromatic N) is 2. The average Bonchev–Trinajstić information content (AvgIpc) is 3.39. The largest absolute Gasteiger partial charge is 0.503 e. The monoisotopic (exact) mass is 486 g/mol. The SMILES string of the molecule is Cc1ccc(C2C(C(=O)c3cc4cc(Br)ccc4o3)=C(O)C(=O)N2CCCN(C)C)o1. The van der Waals surface area contributed by atoms with Crippen molar-refractivity contribution in [3.63, 3.8) is 0 Å². The summed E-state index contributed by atoms with van der Waals surface area (Å²) < 4.78 is 12.4. The van der Waals surface area contributed by atoms with E-state index in [0.717, 1.165) is 16.4 Å². The van der Waals surface area contributed by atoms with Gasteiger partial charge in [0.15, 0.2) is 11.5 Å². The number of benzene rings is 1. The first kappa shape index (κ1) is 21.4. The molecule has 0 fully saturated rings. The highest BCUT2D eigenvalue weighted by Gasteiger charge is 2.45. The summed E-state index contributed by atoms with van der Waals surface area (Å²) >= 11 is 3.40. The van der Waals surface area contributed by atoms with Crippen molar-refractivity contribution in [2.45, 2.75) is 19.4 Å². The summed E-state index contributed by atoms with van der Waals surface area (Å²) in [5.74, 6) is -0.529. The minimum absolute atomic E-state index is 0.0256. The van der Waals surface area contributed by atoms with Crippen molar-refractivity contribution in [3.8, 4) is 0 Å². The summed E-state index contributed by atoms with van der Waals surface area (Å²) in [6.07, 6.45) is 0.683. The minimum atomic E-state index is -0.809. The zero-order chi connectivity index (χ0) is 22.3. The number of carbonyl (C=O) groups excluding carboxylic acids is 2. The van der Waals surface area contributed by atoms with E-state index in [1.807, 2.05) is 31.1 Å². The fraction of sp³-hybridized carbons (Fsp3) is 0.304. The van der Waals surface area contributed by atoms with Crippen molar-refractivity contribution in [2.24, 2.45) is 0 Å². The van der Waals surface area contributed by atoms with Gasteiger partial charge in [-0.3, -0.25) is 9.59 Å². The van der Waals surface area contributed by atoms with Gasteiger partial charge < -0.3 is 23.7 Å². The number of aliphatic hydroxyl groups excluding tert-OH is 1. The smallest absolute Gasteiger partial charge is 0.290 e. The maximum Gasteiger partial charge on any atom is 0.290 e. The van der Waals surface area contributed by atoms with Gasteiger partial charge in [0.1, 0.15) is 23.1 Å². The van der Waals surface area contributed by atoms with Crippen LogP contribution in [0.1, 0.15) is 34.5 Å². The molecule has 1 amide bonds. The van der Waals surface area contributed by atoms with Crippen molar-refractivity contribution < 1.29 is 23.5 Å². The van der Waals surface area contributed by atoms with Crippen LogP contribution in [0.3, 0.4) is 0 Å². The number of furan rings is 2. The Labute approximate surface area is 188 Å². The van der Waals surface area contributed by atoms with Crippen LogP contribution in [-0.4, -0.2) is 53.8 Å². The van der Waals surface area contributed by atoms with Crippen molar-refractivity contribution in [3.05, 3.63) is 69.5 Å². The zero-order valence-electron chi connectivity index (χ0n) is 17.5. The molecule has 1 unspecified atom stereocenters. The van der Waals surface area contributed by atoms with Crippen LogP contribution in [0.25, 0.3) is 11.0 Å². The van der Waals surface area contributed by atoms with Gasteiger partial charge in [0, 0.05) is 16.4 Å². The lowest BCUT2D eigenvalue weighted by atomic mass is 9.99. The maximum absolute atomic E-state index is 13.4. The molecule has 31 heavy (non-hydrogen) atoms. The lowest BCUT2D eigenvalue weighted by Crippen LogP contribution is -2.33. The first-order valence-corrected chi connectivity index (χ1v) is 10.7. The Morgan fingerprint density at radius 2 is 1.97 bits per heavy atom. The third-order valence-corrected chi connectivity index (χ3v) is 5.78. The molecular formula is C23H23BrN2O5. The molecule has 1 aliphatic heterocycles. The third kappa shape index (κ3) is 4.05. The van der Waals surface area contributed by atoms with Crippen LogP contribution in [0.4, 0.5) is 0 Å². The van der Waals surface area contributed by atoms with E-state index in [2.05, 4.69) is 15.9 Å². The summed E-state index contributed by atoms with van der Waals surface area (Å²) in [4.78, 5) is 29.8. The highest BCUT2D eigenvalue weighted by atomic mass is 79.9. The molecular weight excluding hydrogens is 464 g/mol. The van der Waals surface area contributed by atoms with Crippen molar-refractivity contribution in [1.29, 1.82) is 0 Å². The number of carbonyl (C=O) groups is 2. The predicted octanol–water partition coefficient (Wildman–Crippen LogP) is 4.63.